The molecule has 2 N–H and O–H groups in total. The molecule has 0 radical (unpaired) electrons. The summed E-state index contributed by atoms with van der Waals surface area (Å²) >= 11 is 12.2. The molecule has 148 valence electrons. The van der Waals surface area contributed by atoms with Gasteiger partial charge in [0.1, 0.15) is 0 Å². The Morgan fingerprint density at radius 1 is 1.08 bits per heavy atom. The lowest BCUT2D eigenvalue weighted by molar-refractivity contribution is 0.200. The van der Waals surface area contributed by atoms with Crippen LogP contribution in [-0.2, 0) is 0 Å². The fourth-order valence-corrected chi connectivity index (χ4v) is 4.18. The Morgan fingerprint density at radius 2 is 1.85 bits per heavy atom. The second-order valence-corrected chi connectivity index (χ2v) is 8.31. The Labute approximate surface area is 169 Å². The zero-order valence-corrected chi connectivity index (χ0v) is 17.7. The first-order chi connectivity index (χ1) is 12.6. The largest absolute Gasteiger partial charge is 0.330 e. The zero-order chi connectivity index (χ0) is 18.8. The molecule has 0 saturated carbocycles. The van der Waals surface area contributed by atoms with Crippen LogP contribution in [0, 0.1) is 0 Å². The number of hydrogen-bond acceptors (Lipinski definition) is 3. The fraction of sp³-hybridized carbons (Fsp3) is 0.714. The Kier molecular flexibility index (Phi) is 10.3. The lowest BCUT2D eigenvalue weighted by Gasteiger charge is -2.29. The molecule has 1 aliphatic rings. The number of nitrogens with two attached hydrogens (primary N) is 1. The summed E-state index contributed by atoms with van der Waals surface area (Å²) in [5.41, 5.74) is 7.25. The molecule has 1 aromatic carbocycles. The van der Waals surface area contributed by atoms with E-state index in [4.69, 9.17) is 28.9 Å². The van der Waals surface area contributed by atoms with Crippen molar-refractivity contribution in [3.63, 3.8) is 0 Å². The van der Waals surface area contributed by atoms with Crippen LogP contribution in [-0.4, -0.2) is 55.6 Å². The molecule has 5 heteroatoms. The van der Waals surface area contributed by atoms with Gasteiger partial charge in [-0.15, -0.1) is 0 Å². The highest BCUT2D eigenvalue weighted by molar-refractivity contribution is 6.42. The molecule has 0 bridgehead atoms. The van der Waals surface area contributed by atoms with Gasteiger partial charge in [0.05, 0.1) is 10.0 Å². The highest BCUT2D eigenvalue weighted by atomic mass is 35.5. The summed E-state index contributed by atoms with van der Waals surface area (Å²) in [5.74, 6) is 0.339. The number of rotatable bonds is 11. The SMILES string of the molecule is CCCN(CCCN1CCCCC1)CCC(CN)c1ccc(Cl)c(Cl)c1. The molecule has 0 spiro atoms. The van der Waals surface area contributed by atoms with Crippen LogP contribution in [0.2, 0.25) is 10.0 Å². The van der Waals surface area contributed by atoms with Crippen LogP contribution < -0.4 is 5.73 Å². The van der Waals surface area contributed by atoms with Gasteiger partial charge in [0.2, 0.25) is 0 Å². The van der Waals surface area contributed by atoms with Crippen molar-refractivity contribution < 1.29 is 0 Å². The van der Waals surface area contributed by atoms with Crippen molar-refractivity contribution in [2.45, 2.75) is 51.4 Å². The van der Waals surface area contributed by atoms with Gasteiger partial charge in [-0.3, -0.25) is 0 Å². The van der Waals surface area contributed by atoms with Crippen molar-refractivity contribution in [1.82, 2.24) is 9.80 Å². The van der Waals surface area contributed by atoms with Gasteiger partial charge in [0.15, 0.2) is 0 Å². The lowest BCUT2D eigenvalue weighted by Crippen LogP contribution is -2.34. The minimum absolute atomic E-state index is 0.339. The topological polar surface area (TPSA) is 32.5 Å². The summed E-state index contributed by atoms with van der Waals surface area (Å²) in [4.78, 5) is 5.23. The van der Waals surface area contributed by atoms with E-state index in [0.29, 0.717) is 22.5 Å². The number of likely N-dealkylation sites (tertiary alicyclic amines) is 1. The molecule has 26 heavy (non-hydrogen) atoms. The molecule has 1 atom stereocenters. The monoisotopic (exact) mass is 399 g/mol. The summed E-state index contributed by atoms with van der Waals surface area (Å²) in [6.07, 6.45) is 7.69. The van der Waals surface area contributed by atoms with Crippen LogP contribution in [0.15, 0.2) is 18.2 Å². The molecular weight excluding hydrogens is 365 g/mol. The summed E-state index contributed by atoms with van der Waals surface area (Å²) < 4.78 is 0. The Bertz CT molecular complexity index is 518. The van der Waals surface area contributed by atoms with Gasteiger partial charge in [-0.05, 0) is 102 Å². The third kappa shape index (κ3) is 7.36. The maximum absolute atomic E-state index is 6.18. The van der Waals surface area contributed by atoms with E-state index in [-0.39, 0.29) is 0 Å². The zero-order valence-electron chi connectivity index (χ0n) is 16.2. The van der Waals surface area contributed by atoms with Crippen LogP contribution in [0.1, 0.15) is 56.9 Å². The standard InChI is InChI=1S/C21H35Cl2N3/c1-2-10-25(13-6-14-26-11-4-3-5-12-26)15-9-19(17-24)18-7-8-20(22)21(23)16-18/h7-8,16,19H,2-6,9-15,17,24H2,1H3. The van der Waals surface area contributed by atoms with Gasteiger partial charge in [-0.1, -0.05) is 42.6 Å². The van der Waals surface area contributed by atoms with Crippen molar-refractivity contribution in [3.05, 3.63) is 33.8 Å². The summed E-state index contributed by atoms with van der Waals surface area (Å²) in [5, 5.41) is 1.23. The molecule has 1 aromatic rings. The minimum atomic E-state index is 0.339. The molecule has 1 saturated heterocycles. The highest BCUT2D eigenvalue weighted by Crippen LogP contribution is 2.27. The quantitative estimate of drug-likeness (QED) is 0.567. The van der Waals surface area contributed by atoms with Gasteiger partial charge in [-0.25, -0.2) is 0 Å². The first kappa shape index (κ1) is 22.0. The van der Waals surface area contributed by atoms with Crippen molar-refractivity contribution in [2.24, 2.45) is 5.73 Å². The van der Waals surface area contributed by atoms with Crippen molar-refractivity contribution in [3.8, 4) is 0 Å². The smallest absolute Gasteiger partial charge is 0.0595 e. The number of nitrogens with zero attached hydrogens (tertiary/aromatic N) is 2. The van der Waals surface area contributed by atoms with E-state index in [9.17, 15) is 0 Å². The van der Waals surface area contributed by atoms with Crippen LogP contribution in [0.3, 0.4) is 0 Å². The maximum atomic E-state index is 6.18. The molecule has 0 amide bonds. The fourth-order valence-electron chi connectivity index (χ4n) is 3.88. The van der Waals surface area contributed by atoms with E-state index in [1.807, 2.05) is 12.1 Å². The van der Waals surface area contributed by atoms with E-state index in [1.165, 1.54) is 70.4 Å². The molecule has 3 nitrogen and oxygen atoms in total. The van der Waals surface area contributed by atoms with Gasteiger partial charge in [-0.2, -0.15) is 0 Å². The van der Waals surface area contributed by atoms with Gasteiger partial charge < -0.3 is 15.5 Å². The predicted octanol–water partition coefficient (Wildman–Crippen LogP) is 5.01. The average molecular weight is 400 g/mol. The Morgan fingerprint density at radius 3 is 2.50 bits per heavy atom. The van der Waals surface area contributed by atoms with E-state index < -0.39 is 0 Å². The van der Waals surface area contributed by atoms with Crippen molar-refractivity contribution in [1.29, 1.82) is 0 Å². The first-order valence-electron chi connectivity index (χ1n) is 10.2. The maximum Gasteiger partial charge on any atom is 0.0595 e. The Balaban J connectivity index is 1.80. The molecule has 0 aliphatic carbocycles. The van der Waals surface area contributed by atoms with Gasteiger partial charge in [0, 0.05) is 0 Å². The van der Waals surface area contributed by atoms with Gasteiger partial charge >= 0.3 is 0 Å². The number of halogens is 2. The second kappa shape index (κ2) is 12.2. The molecular formula is C21H35Cl2N3. The van der Waals surface area contributed by atoms with E-state index in [0.717, 1.165) is 13.0 Å². The molecule has 1 fully saturated rings. The van der Waals surface area contributed by atoms with Crippen LogP contribution >= 0.6 is 23.2 Å². The molecule has 2 rings (SSSR count). The van der Waals surface area contributed by atoms with Gasteiger partial charge in [0.25, 0.3) is 0 Å². The van der Waals surface area contributed by atoms with Crippen LogP contribution in [0.25, 0.3) is 0 Å². The minimum Gasteiger partial charge on any atom is -0.330 e. The van der Waals surface area contributed by atoms with Crippen molar-refractivity contribution >= 4 is 23.2 Å². The number of hydrogen-bond donors (Lipinski definition) is 1. The molecule has 1 heterocycles. The molecule has 1 aliphatic heterocycles. The average Bonchev–Trinajstić information content (AvgIpc) is 2.65. The summed E-state index contributed by atoms with van der Waals surface area (Å²) in [7, 11) is 0. The molecule has 0 aromatic heterocycles. The summed E-state index contributed by atoms with van der Waals surface area (Å²) in [6.45, 7) is 10.2. The third-order valence-electron chi connectivity index (χ3n) is 5.43. The van der Waals surface area contributed by atoms with Crippen molar-refractivity contribution in [2.75, 3.05) is 45.8 Å². The first-order valence-corrected chi connectivity index (χ1v) is 11.0. The van der Waals surface area contributed by atoms with E-state index in [1.54, 1.807) is 0 Å². The normalized spacial score (nSPS) is 17.0. The highest BCUT2D eigenvalue weighted by Gasteiger charge is 2.15. The summed E-state index contributed by atoms with van der Waals surface area (Å²) in [6, 6.07) is 5.92. The lowest BCUT2D eigenvalue weighted by atomic mass is 9.95. The van der Waals surface area contributed by atoms with E-state index >= 15 is 0 Å². The Hall–Kier alpha value is -0.320. The number of piperidine rings is 1. The predicted molar refractivity (Wildman–Crippen MR) is 115 cm³/mol. The number of benzene rings is 1. The third-order valence-corrected chi connectivity index (χ3v) is 6.17. The van der Waals surface area contributed by atoms with E-state index in [2.05, 4.69) is 22.8 Å². The van der Waals surface area contributed by atoms with Crippen LogP contribution in [0.4, 0.5) is 0 Å². The molecule has 1 unspecified atom stereocenters. The second-order valence-electron chi connectivity index (χ2n) is 7.49. The van der Waals surface area contributed by atoms with Crippen LogP contribution in [0.5, 0.6) is 0 Å².